The van der Waals surface area contributed by atoms with Gasteiger partial charge < -0.3 is 15.9 Å². The van der Waals surface area contributed by atoms with E-state index in [9.17, 15) is 15.0 Å². The first-order valence-electron chi connectivity index (χ1n) is 10.7. The molecule has 2 atom stereocenters. The van der Waals surface area contributed by atoms with Crippen LogP contribution in [0, 0.1) is 0 Å². The number of carbonyl (C=O) groups excluding carboxylic acids is 1. The Morgan fingerprint density at radius 2 is 1.00 bits per heavy atom. The Kier molecular flexibility index (Phi) is 17.7. The molecule has 0 spiro atoms. The van der Waals surface area contributed by atoms with Gasteiger partial charge in [-0.3, -0.25) is 4.79 Å². The number of rotatable bonds is 19. The molecule has 150 valence electrons. The highest BCUT2D eigenvalue weighted by molar-refractivity contribution is 5.79. The first kappa shape index (κ1) is 24.4. The molecule has 0 rings (SSSR count). The van der Waals surface area contributed by atoms with Crippen LogP contribution in [0.1, 0.15) is 116 Å². The summed E-state index contributed by atoms with van der Waals surface area (Å²) in [5.74, 6) is -0.844. The van der Waals surface area contributed by atoms with E-state index in [1.165, 1.54) is 83.5 Å². The van der Waals surface area contributed by atoms with E-state index in [0.717, 1.165) is 19.3 Å². The molecule has 0 aliphatic heterocycles. The van der Waals surface area contributed by atoms with Crippen LogP contribution in [0.25, 0.3) is 0 Å². The Morgan fingerprint density at radius 3 is 1.32 bits per heavy atom. The first-order chi connectivity index (χ1) is 12.1. The predicted molar refractivity (Wildman–Crippen MR) is 105 cm³/mol. The zero-order valence-corrected chi connectivity index (χ0v) is 16.6. The smallest absolute Gasteiger partial charge is 0.248 e. The van der Waals surface area contributed by atoms with Gasteiger partial charge in [-0.25, -0.2) is 0 Å². The van der Waals surface area contributed by atoms with Crippen LogP contribution in [0.3, 0.4) is 0 Å². The van der Waals surface area contributed by atoms with Gasteiger partial charge in [-0.2, -0.15) is 0 Å². The fourth-order valence-electron chi connectivity index (χ4n) is 3.25. The zero-order valence-electron chi connectivity index (χ0n) is 16.6. The summed E-state index contributed by atoms with van der Waals surface area (Å²) < 4.78 is 0. The topological polar surface area (TPSA) is 83.6 Å². The third-order valence-electron chi connectivity index (χ3n) is 5.01. The lowest BCUT2D eigenvalue weighted by atomic mass is 10.0. The number of hydrogen-bond acceptors (Lipinski definition) is 3. The number of aliphatic hydroxyl groups excluding tert-OH is 2. The molecule has 0 fully saturated rings. The fourth-order valence-corrected chi connectivity index (χ4v) is 3.25. The van der Waals surface area contributed by atoms with Crippen molar-refractivity contribution < 1.29 is 15.0 Å². The maximum absolute atomic E-state index is 10.7. The van der Waals surface area contributed by atoms with E-state index in [0.29, 0.717) is 6.42 Å². The molecule has 0 heterocycles. The second-order valence-corrected chi connectivity index (χ2v) is 7.51. The molecule has 25 heavy (non-hydrogen) atoms. The second kappa shape index (κ2) is 18.2. The van der Waals surface area contributed by atoms with Crippen LogP contribution < -0.4 is 5.73 Å². The third-order valence-corrected chi connectivity index (χ3v) is 5.01. The number of aliphatic hydroxyl groups is 2. The SMILES string of the molecule is CCCCCCCCCCCCCCCCCCC(O)C(O)C(N)=O. The van der Waals surface area contributed by atoms with Gasteiger partial charge in [-0.05, 0) is 6.42 Å². The summed E-state index contributed by atoms with van der Waals surface area (Å²) in [6.07, 6.45) is 18.9. The van der Waals surface area contributed by atoms with Gasteiger partial charge >= 0.3 is 0 Å². The van der Waals surface area contributed by atoms with Crippen molar-refractivity contribution in [3.8, 4) is 0 Å². The molecule has 0 aromatic rings. The van der Waals surface area contributed by atoms with E-state index in [-0.39, 0.29) is 0 Å². The van der Waals surface area contributed by atoms with E-state index < -0.39 is 18.1 Å². The molecule has 2 unspecified atom stereocenters. The van der Waals surface area contributed by atoms with E-state index in [4.69, 9.17) is 5.73 Å². The number of primary amides is 1. The normalized spacial score (nSPS) is 13.7. The summed E-state index contributed by atoms with van der Waals surface area (Å²) in [7, 11) is 0. The van der Waals surface area contributed by atoms with Crippen molar-refractivity contribution >= 4 is 5.91 Å². The standard InChI is InChI=1S/C21H43NO3/c1-2-3-4-5-6-7-8-9-10-11-12-13-14-15-16-17-18-19(23)20(24)21(22)25/h19-20,23-24H,2-18H2,1H3,(H2,22,25). The lowest BCUT2D eigenvalue weighted by Crippen LogP contribution is -2.38. The minimum atomic E-state index is -1.42. The maximum Gasteiger partial charge on any atom is 0.248 e. The van der Waals surface area contributed by atoms with Crippen molar-refractivity contribution in [1.29, 1.82) is 0 Å². The van der Waals surface area contributed by atoms with Gasteiger partial charge in [0, 0.05) is 0 Å². The summed E-state index contributed by atoms with van der Waals surface area (Å²) in [5, 5.41) is 18.8. The summed E-state index contributed by atoms with van der Waals surface area (Å²) >= 11 is 0. The minimum absolute atomic E-state index is 0.447. The molecule has 0 aliphatic carbocycles. The van der Waals surface area contributed by atoms with Gasteiger partial charge in [0.25, 0.3) is 0 Å². The third kappa shape index (κ3) is 16.6. The van der Waals surface area contributed by atoms with Crippen molar-refractivity contribution in [1.82, 2.24) is 0 Å². The summed E-state index contributed by atoms with van der Waals surface area (Å²) in [4.78, 5) is 10.7. The fraction of sp³-hybridized carbons (Fsp3) is 0.952. The number of nitrogens with two attached hydrogens (primary N) is 1. The Hall–Kier alpha value is -0.610. The number of unbranched alkanes of at least 4 members (excludes halogenated alkanes) is 15. The van der Waals surface area contributed by atoms with Crippen molar-refractivity contribution in [2.75, 3.05) is 0 Å². The van der Waals surface area contributed by atoms with Crippen LogP contribution in [0.15, 0.2) is 0 Å². The van der Waals surface area contributed by atoms with Crippen molar-refractivity contribution in [2.45, 2.75) is 128 Å². The average Bonchev–Trinajstić information content (AvgIpc) is 2.60. The van der Waals surface area contributed by atoms with Crippen LogP contribution in [-0.2, 0) is 4.79 Å². The van der Waals surface area contributed by atoms with Crippen molar-refractivity contribution in [3.63, 3.8) is 0 Å². The Bertz CT molecular complexity index is 297. The molecular weight excluding hydrogens is 314 g/mol. The summed E-state index contributed by atoms with van der Waals surface area (Å²) in [5.41, 5.74) is 4.95. The molecule has 1 amide bonds. The highest BCUT2D eigenvalue weighted by Gasteiger charge is 2.20. The molecule has 0 radical (unpaired) electrons. The Labute approximate surface area is 155 Å². The van der Waals surface area contributed by atoms with Crippen LogP contribution in [0.5, 0.6) is 0 Å². The molecule has 4 nitrogen and oxygen atoms in total. The molecule has 4 heteroatoms. The van der Waals surface area contributed by atoms with Crippen molar-refractivity contribution in [3.05, 3.63) is 0 Å². The van der Waals surface area contributed by atoms with Crippen LogP contribution >= 0.6 is 0 Å². The lowest BCUT2D eigenvalue weighted by molar-refractivity contribution is -0.131. The van der Waals surface area contributed by atoms with E-state index in [1.54, 1.807) is 0 Å². The molecule has 0 aromatic heterocycles. The van der Waals surface area contributed by atoms with Gasteiger partial charge in [-0.15, -0.1) is 0 Å². The molecule has 0 saturated carbocycles. The second-order valence-electron chi connectivity index (χ2n) is 7.51. The largest absolute Gasteiger partial charge is 0.390 e. The van der Waals surface area contributed by atoms with Crippen molar-refractivity contribution in [2.24, 2.45) is 5.73 Å². The minimum Gasteiger partial charge on any atom is -0.390 e. The van der Waals surface area contributed by atoms with E-state index >= 15 is 0 Å². The Balaban J connectivity index is 3.15. The van der Waals surface area contributed by atoms with E-state index in [1.807, 2.05) is 0 Å². The molecule has 4 N–H and O–H groups in total. The predicted octanol–water partition coefficient (Wildman–Crippen LogP) is 4.85. The molecule has 0 saturated heterocycles. The first-order valence-corrected chi connectivity index (χ1v) is 10.7. The average molecular weight is 358 g/mol. The zero-order chi connectivity index (χ0) is 18.8. The Morgan fingerprint density at radius 1 is 0.680 bits per heavy atom. The molecule has 0 aromatic carbocycles. The van der Waals surface area contributed by atoms with Crippen LogP contribution in [0.4, 0.5) is 0 Å². The van der Waals surface area contributed by atoms with Gasteiger partial charge in [0.15, 0.2) is 6.10 Å². The van der Waals surface area contributed by atoms with Crippen LogP contribution in [0.2, 0.25) is 0 Å². The van der Waals surface area contributed by atoms with E-state index in [2.05, 4.69) is 6.92 Å². The van der Waals surface area contributed by atoms with Gasteiger partial charge in [0.1, 0.15) is 0 Å². The van der Waals surface area contributed by atoms with Gasteiger partial charge in [-0.1, -0.05) is 110 Å². The lowest BCUT2D eigenvalue weighted by Gasteiger charge is -2.14. The number of hydrogen-bond donors (Lipinski definition) is 3. The monoisotopic (exact) mass is 357 g/mol. The van der Waals surface area contributed by atoms with Gasteiger partial charge in [0.2, 0.25) is 5.91 Å². The van der Waals surface area contributed by atoms with Crippen LogP contribution in [-0.4, -0.2) is 28.3 Å². The highest BCUT2D eigenvalue weighted by atomic mass is 16.3. The molecule has 0 bridgehead atoms. The van der Waals surface area contributed by atoms with Gasteiger partial charge in [0.05, 0.1) is 6.10 Å². The number of amides is 1. The molecule has 0 aliphatic rings. The number of carbonyl (C=O) groups is 1. The summed E-state index contributed by atoms with van der Waals surface area (Å²) in [6, 6.07) is 0. The summed E-state index contributed by atoms with van der Waals surface area (Å²) in [6.45, 7) is 2.27. The maximum atomic E-state index is 10.7. The molecular formula is C21H43NO3. The quantitative estimate of drug-likeness (QED) is 0.289. The highest BCUT2D eigenvalue weighted by Crippen LogP contribution is 2.14.